The zero-order chi connectivity index (χ0) is 17.9. The van der Waals surface area contributed by atoms with Gasteiger partial charge in [-0.2, -0.15) is 0 Å². The number of sulfonamides is 1. The molecule has 0 unspecified atom stereocenters. The van der Waals surface area contributed by atoms with E-state index in [0.717, 1.165) is 44.6 Å². The van der Waals surface area contributed by atoms with Crippen molar-refractivity contribution >= 4 is 21.4 Å². The number of morpholine rings is 1. The number of aromatic nitrogens is 1. The highest BCUT2D eigenvalue weighted by atomic mass is 32.2. The van der Waals surface area contributed by atoms with Crippen LogP contribution in [0.1, 0.15) is 16.3 Å². The van der Waals surface area contributed by atoms with Crippen LogP contribution in [-0.4, -0.2) is 44.6 Å². The second-order valence-corrected chi connectivity index (χ2v) is 8.53. The fourth-order valence-electron chi connectivity index (χ4n) is 2.64. The average Bonchev–Trinajstić information content (AvgIpc) is 3.01. The van der Waals surface area contributed by atoms with E-state index in [1.807, 2.05) is 5.38 Å². The van der Waals surface area contributed by atoms with E-state index in [4.69, 9.17) is 4.74 Å². The molecule has 1 aromatic carbocycles. The number of hydrogen-bond donors (Lipinski definition) is 1. The first-order valence-electron chi connectivity index (χ1n) is 7.93. The molecule has 136 valence electrons. The Bertz CT molecular complexity index is 833. The average molecular weight is 385 g/mol. The molecule has 1 aromatic heterocycles. The smallest absolute Gasteiger partial charge is 0.241 e. The Kier molecular flexibility index (Phi) is 5.80. The summed E-state index contributed by atoms with van der Waals surface area (Å²) >= 11 is 1.42. The van der Waals surface area contributed by atoms with Crippen LogP contribution in [0, 0.1) is 12.7 Å². The number of hydrogen-bond acceptors (Lipinski definition) is 6. The summed E-state index contributed by atoms with van der Waals surface area (Å²) in [5.41, 5.74) is 1.30. The summed E-state index contributed by atoms with van der Waals surface area (Å²) < 4.78 is 45.8. The van der Waals surface area contributed by atoms with Crippen LogP contribution >= 0.6 is 11.3 Å². The highest BCUT2D eigenvalue weighted by Crippen LogP contribution is 2.18. The van der Waals surface area contributed by atoms with Crippen molar-refractivity contribution in [3.05, 3.63) is 45.7 Å². The maximum atomic E-state index is 13.1. The third-order valence-electron chi connectivity index (χ3n) is 3.93. The van der Waals surface area contributed by atoms with Crippen molar-refractivity contribution in [2.75, 3.05) is 26.3 Å². The van der Waals surface area contributed by atoms with Crippen molar-refractivity contribution in [2.45, 2.75) is 24.9 Å². The molecular formula is C16H20FN3O3S2. The standard InChI is InChI=1S/C16H20FN3O3S2/c1-12-8-13(17)2-3-15(12)25(21,22)18-9-16-19-14(11-24-16)10-20-4-6-23-7-5-20/h2-3,8,11,18H,4-7,9-10H2,1H3. The highest BCUT2D eigenvalue weighted by molar-refractivity contribution is 7.89. The number of rotatable bonds is 6. The topological polar surface area (TPSA) is 71.5 Å². The number of aryl methyl sites for hydroxylation is 1. The minimum Gasteiger partial charge on any atom is -0.379 e. The number of ether oxygens (including phenoxy) is 1. The van der Waals surface area contributed by atoms with Gasteiger partial charge in [0.25, 0.3) is 0 Å². The van der Waals surface area contributed by atoms with Crippen molar-refractivity contribution < 1.29 is 17.5 Å². The van der Waals surface area contributed by atoms with Gasteiger partial charge in [-0.1, -0.05) is 0 Å². The maximum absolute atomic E-state index is 13.1. The first kappa shape index (κ1) is 18.4. The van der Waals surface area contributed by atoms with E-state index >= 15 is 0 Å². The normalized spacial score (nSPS) is 16.2. The van der Waals surface area contributed by atoms with E-state index in [9.17, 15) is 12.8 Å². The molecule has 0 atom stereocenters. The van der Waals surface area contributed by atoms with Crippen LogP contribution in [0.2, 0.25) is 0 Å². The number of halogens is 1. The SMILES string of the molecule is Cc1cc(F)ccc1S(=O)(=O)NCc1nc(CN2CCOCC2)cs1. The number of benzene rings is 1. The van der Waals surface area contributed by atoms with Crippen LogP contribution in [0.3, 0.4) is 0 Å². The Morgan fingerprint density at radius 3 is 2.84 bits per heavy atom. The van der Waals surface area contributed by atoms with E-state index in [1.54, 1.807) is 6.92 Å². The third kappa shape index (κ3) is 4.83. The molecule has 2 aromatic rings. The van der Waals surface area contributed by atoms with Gasteiger partial charge in [0, 0.05) is 25.0 Å². The molecule has 0 aliphatic carbocycles. The zero-order valence-corrected chi connectivity index (χ0v) is 15.5. The van der Waals surface area contributed by atoms with Crippen LogP contribution in [0.15, 0.2) is 28.5 Å². The van der Waals surface area contributed by atoms with Gasteiger partial charge in [0.1, 0.15) is 10.8 Å². The molecule has 0 spiro atoms. The van der Waals surface area contributed by atoms with Gasteiger partial charge in [0.15, 0.2) is 0 Å². The van der Waals surface area contributed by atoms with Crippen LogP contribution < -0.4 is 4.72 Å². The Morgan fingerprint density at radius 1 is 1.36 bits per heavy atom. The number of nitrogens with one attached hydrogen (secondary N) is 1. The van der Waals surface area contributed by atoms with Crippen LogP contribution in [0.25, 0.3) is 0 Å². The third-order valence-corrected chi connectivity index (χ3v) is 6.39. The van der Waals surface area contributed by atoms with Gasteiger partial charge in [-0.3, -0.25) is 4.90 Å². The summed E-state index contributed by atoms with van der Waals surface area (Å²) in [5.74, 6) is -0.455. The van der Waals surface area contributed by atoms with Crippen molar-refractivity contribution in [2.24, 2.45) is 0 Å². The summed E-state index contributed by atoms with van der Waals surface area (Å²) in [6.45, 7) is 5.65. The molecule has 9 heteroatoms. The number of thiazole rings is 1. The molecule has 0 bridgehead atoms. The van der Waals surface area contributed by atoms with Crippen molar-refractivity contribution in [3.63, 3.8) is 0 Å². The van der Waals surface area contributed by atoms with Gasteiger partial charge in [-0.15, -0.1) is 11.3 Å². The minimum atomic E-state index is -3.70. The second kappa shape index (κ2) is 7.88. The van der Waals surface area contributed by atoms with E-state index < -0.39 is 15.8 Å². The molecule has 25 heavy (non-hydrogen) atoms. The molecule has 1 fully saturated rings. The van der Waals surface area contributed by atoms with E-state index in [1.165, 1.54) is 23.5 Å². The lowest BCUT2D eigenvalue weighted by atomic mass is 10.2. The summed E-state index contributed by atoms with van der Waals surface area (Å²) in [7, 11) is -3.70. The lowest BCUT2D eigenvalue weighted by Gasteiger charge is -2.25. The van der Waals surface area contributed by atoms with Crippen LogP contribution in [-0.2, 0) is 27.8 Å². The highest BCUT2D eigenvalue weighted by Gasteiger charge is 2.18. The van der Waals surface area contributed by atoms with Crippen LogP contribution in [0.4, 0.5) is 4.39 Å². The lowest BCUT2D eigenvalue weighted by Crippen LogP contribution is -2.35. The van der Waals surface area contributed by atoms with Gasteiger partial charge < -0.3 is 4.74 Å². The first-order chi connectivity index (χ1) is 11.9. The summed E-state index contributed by atoms with van der Waals surface area (Å²) in [4.78, 5) is 6.83. The minimum absolute atomic E-state index is 0.0824. The molecule has 0 amide bonds. The number of nitrogens with zero attached hydrogens (tertiary/aromatic N) is 2. The maximum Gasteiger partial charge on any atom is 0.241 e. The van der Waals surface area contributed by atoms with Gasteiger partial charge in [-0.05, 0) is 30.7 Å². The molecule has 1 aliphatic rings. The van der Waals surface area contributed by atoms with Crippen molar-refractivity contribution in [3.8, 4) is 0 Å². The Balaban J connectivity index is 1.61. The summed E-state index contributed by atoms with van der Waals surface area (Å²) in [6.07, 6.45) is 0. The largest absolute Gasteiger partial charge is 0.379 e. The van der Waals surface area contributed by atoms with E-state index in [2.05, 4.69) is 14.6 Å². The van der Waals surface area contributed by atoms with Gasteiger partial charge in [-0.25, -0.2) is 22.5 Å². The predicted octanol–water partition coefficient (Wildman–Crippen LogP) is 1.90. The fraction of sp³-hybridized carbons (Fsp3) is 0.438. The van der Waals surface area contributed by atoms with Gasteiger partial charge >= 0.3 is 0 Å². The molecule has 1 aliphatic heterocycles. The van der Waals surface area contributed by atoms with E-state index in [0.29, 0.717) is 10.6 Å². The lowest BCUT2D eigenvalue weighted by molar-refractivity contribution is 0.0337. The van der Waals surface area contributed by atoms with Crippen LogP contribution in [0.5, 0.6) is 0 Å². The van der Waals surface area contributed by atoms with Crippen molar-refractivity contribution in [1.29, 1.82) is 0 Å². The molecule has 1 N–H and O–H groups in total. The molecule has 2 heterocycles. The Morgan fingerprint density at radius 2 is 2.12 bits per heavy atom. The molecule has 0 radical (unpaired) electrons. The quantitative estimate of drug-likeness (QED) is 0.822. The monoisotopic (exact) mass is 385 g/mol. The summed E-state index contributed by atoms with van der Waals surface area (Å²) in [5, 5.41) is 2.65. The molecular weight excluding hydrogens is 365 g/mol. The molecule has 0 saturated carbocycles. The van der Waals surface area contributed by atoms with E-state index in [-0.39, 0.29) is 11.4 Å². The fourth-order valence-corrected chi connectivity index (χ4v) is 4.67. The second-order valence-electron chi connectivity index (χ2n) is 5.86. The first-order valence-corrected chi connectivity index (χ1v) is 10.3. The molecule has 3 rings (SSSR count). The van der Waals surface area contributed by atoms with Gasteiger partial charge in [0.05, 0.1) is 30.3 Å². The predicted molar refractivity (Wildman–Crippen MR) is 93.4 cm³/mol. The zero-order valence-electron chi connectivity index (χ0n) is 13.9. The Labute approximate surface area is 150 Å². The summed E-state index contributed by atoms with van der Waals surface area (Å²) in [6, 6.07) is 3.63. The Hall–Kier alpha value is -1.39. The van der Waals surface area contributed by atoms with Crippen molar-refractivity contribution in [1.82, 2.24) is 14.6 Å². The molecule has 1 saturated heterocycles. The van der Waals surface area contributed by atoms with Gasteiger partial charge in [0.2, 0.25) is 10.0 Å². The molecule has 6 nitrogen and oxygen atoms in total.